The molecule has 2 nitrogen and oxygen atoms in total. The molecule has 0 aliphatic carbocycles. The molecule has 19 heavy (non-hydrogen) atoms. The molecule has 1 N–H and O–H groups in total. The molecule has 0 bridgehead atoms. The first-order valence-corrected chi connectivity index (χ1v) is 6.38. The highest BCUT2D eigenvalue weighted by molar-refractivity contribution is 5.49. The molecule has 2 aromatic rings. The van der Waals surface area contributed by atoms with Gasteiger partial charge in [-0.15, -0.1) is 0 Å². The van der Waals surface area contributed by atoms with Crippen molar-refractivity contribution in [3.8, 4) is 5.75 Å². The zero-order valence-electron chi connectivity index (χ0n) is 11.2. The van der Waals surface area contributed by atoms with E-state index < -0.39 is 5.82 Å². The highest BCUT2D eigenvalue weighted by atomic mass is 19.1. The van der Waals surface area contributed by atoms with Crippen LogP contribution in [0, 0.1) is 12.7 Å². The highest BCUT2D eigenvalue weighted by Gasteiger charge is 2.07. The smallest absolute Gasteiger partial charge is 0.127 e. The molecular weight excluding hydrogens is 241 g/mol. The minimum absolute atomic E-state index is 0.0321. The Kier molecular flexibility index (Phi) is 4.05. The van der Waals surface area contributed by atoms with Crippen molar-refractivity contribution >= 4 is 5.69 Å². The van der Waals surface area contributed by atoms with Gasteiger partial charge in [0.25, 0.3) is 0 Å². The number of rotatable bonds is 4. The molecule has 2 aromatic carbocycles. The van der Waals surface area contributed by atoms with E-state index in [4.69, 9.17) is 0 Å². The number of aryl methyl sites for hydroxylation is 1. The Morgan fingerprint density at radius 2 is 1.95 bits per heavy atom. The van der Waals surface area contributed by atoms with Crippen LogP contribution in [0.1, 0.15) is 18.1 Å². The van der Waals surface area contributed by atoms with Gasteiger partial charge in [-0.2, -0.15) is 0 Å². The summed E-state index contributed by atoms with van der Waals surface area (Å²) in [5, 5.41) is 9.44. The molecule has 0 atom stereocenters. The fourth-order valence-corrected chi connectivity index (χ4v) is 2.16. The van der Waals surface area contributed by atoms with Crippen molar-refractivity contribution in [2.45, 2.75) is 20.4 Å². The van der Waals surface area contributed by atoms with Gasteiger partial charge in [-0.1, -0.05) is 12.1 Å². The molecule has 0 aliphatic heterocycles. The number of benzene rings is 2. The lowest BCUT2D eigenvalue weighted by Gasteiger charge is -2.23. The Balaban J connectivity index is 2.23. The summed E-state index contributed by atoms with van der Waals surface area (Å²) in [6, 6.07) is 12.4. The summed E-state index contributed by atoms with van der Waals surface area (Å²) in [6.45, 7) is 5.50. The number of hydrogen-bond acceptors (Lipinski definition) is 2. The van der Waals surface area contributed by atoms with Gasteiger partial charge < -0.3 is 10.0 Å². The number of anilines is 1. The van der Waals surface area contributed by atoms with Crippen molar-refractivity contribution in [3.63, 3.8) is 0 Å². The first kappa shape index (κ1) is 13.4. The van der Waals surface area contributed by atoms with E-state index in [9.17, 15) is 9.50 Å². The van der Waals surface area contributed by atoms with Crippen molar-refractivity contribution in [2.24, 2.45) is 0 Å². The highest BCUT2D eigenvalue weighted by Crippen LogP contribution is 2.21. The van der Waals surface area contributed by atoms with Gasteiger partial charge in [0, 0.05) is 24.8 Å². The van der Waals surface area contributed by atoms with Gasteiger partial charge in [0.2, 0.25) is 0 Å². The second-order valence-electron chi connectivity index (χ2n) is 4.67. The Labute approximate surface area is 113 Å². The van der Waals surface area contributed by atoms with Crippen LogP contribution >= 0.6 is 0 Å². The summed E-state index contributed by atoms with van der Waals surface area (Å²) >= 11 is 0. The fourth-order valence-electron chi connectivity index (χ4n) is 2.16. The van der Waals surface area contributed by atoms with Gasteiger partial charge in [-0.25, -0.2) is 4.39 Å². The zero-order chi connectivity index (χ0) is 13.8. The van der Waals surface area contributed by atoms with Gasteiger partial charge in [-0.3, -0.25) is 0 Å². The quantitative estimate of drug-likeness (QED) is 0.901. The lowest BCUT2D eigenvalue weighted by Crippen LogP contribution is -2.22. The van der Waals surface area contributed by atoms with Crippen molar-refractivity contribution in [2.75, 3.05) is 11.4 Å². The molecule has 0 aromatic heterocycles. The standard InChI is InChI=1S/C16H18FNO/c1-3-18(15-6-4-5-12(2)7-15)11-13-8-14(17)10-16(19)9-13/h4-10,19H,3,11H2,1-2H3. The third-order valence-corrected chi connectivity index (χ3v) is 3.06. The molecule has 0 saturated heterocycles. The number of phenolic OH excluding ortho intramolecular Hbond substituents is 1. The van der Waals surface area contributed by atoms with E-state index in [2.05, 4.69) is 17.9 Å². The van der Waals surface area contributed by atoms with Crippen molar-refractivity contribution in [3.05, 3.63) is 59.4 Å². The van der Waals surface area contributed by atoms with Gasteiger partial charge >= 0.3 is 0 Å². The summed E-state index contributed by atoms with van der Waals surface area (Å²) in [5.74, 6) is -0.439. The van der Waals surface area contributed by atoms with Crippen molar-refractivity contribution in [1.29, 1.82) is 0 Å². The first-order chi connectivity index (χ1) is 9.08. The molecule has 0 saturated carbocycles. The third-order valence-electron chi connectivity index (χ3n) is 3.06. The maximum Gasteiger partial charge on any atom is 0.127 e. The number of hydrogen-bond donors (Lipinski definition) is 1. The Morgan fingerprint density at radius 1 is 1.16 bits per heavy atom. The van der Waals surface area contributed by atoms with Crippen molar-refractivity contribution < 1.29 is 9.50 Å². The SMILES string of the molecule is CCN(Cc1cc(O)cc(F)c1)c1cccc(C)c1. The molecular formula is C16H18FNO. The van der Waals surface area contributed by atoms with Crippen LogP contribution in [-0.4, -0.2) is 11.7 Å². The molecule has 2 rings (SSSR count). The summed E-state index contributed by atoms with van der Waals surface area (Å²) < 4.78 is 13.3. The Morgan fingerprint density at radius 3 is 2.58 bits per heavy atom. The van der Waals surface area contributed by atoms with Gasteiger partial charge in [0.15, 0.2) is 0 Å². The molecule has 0 fully saturated rings. The van der Waals surface area contributed by atoms with Crippen LogP contribution in [0.5, 0.6) is 5.75 Å². The summed E-state index contributed by atoms with van der Waals surface area (Å²) in [4.78, 5) is 2.14. The van der Waals surface area contributed by atoms with Gasteiger partial charge in [0.05, 0.1) is 0 Å². The molecule has 100 valence electrons. The number of aromatic hydroxyl groups is 1. The number of nitrogens with zero attached hydrogens (tertiary/aromatic N) is 1. The van der Waals surface area contributed by atoms with Gasteiger partial charge in [0.1, 0.15) is 11.6 Å². The van der Waals surface area contributed by atoms with Crippen LogP contribution in [0.15, 0.2) is 42.5 Å². The fraction of sp³-hybridized carbons (Fsp3) is 0.250. The molecule has 0 radical (unpaired) electrons. The molecule has 0 aliphatic rings. The van der Waals surface area contributed by atoms with E-state index in [1.165, 1.54) is 11.6 Å². The van der Waals surface area contributed by atoms with Gasteiger partial charge in [-0.05, 0) is 49.2 Å². The summed E-state index contributed by atoms with van der Waals surface area (Å²) in [5.41, 5.74) is 3.06. The second-order valence-corrected chi connectivity index (χ2v) is 4.67. The normalized spacial score (nSPS) is 10.5. The maximum atomic E-state index is 13.3. The van der Waals surface area contributed by atoms with Crippen LogP contribution in [0.25, 0.3) is 0 Å². The van der Waals surface area contributed by atoms with E-state index in [-0.39, 0.29) is 5.75 Å². The second kappa shape index (κ2) is 5.74. The molecule has 3 heteroatoms. The zero-order valence-corrected chi connectivity index (χ0v) is 11.2. The van der Waals surface area contributed by atoms with Crippen LogP contribution in [0.4, 0.5) is 10.1 Å². The van der Waals surface area contributed by atoms with E-state index in [1.807, 2.05) is 25.1 Å². The summed E-state index contributed by atoms with van der Waals surface area (Å²) in [6.07, 6.45) is 0. The van der Waals surface area contributed by atoms with E-state index in [1.54, 1.807) is 6.07 Å². The lowest BCUT2D eigenvalue weighted by atomic mass is 10.1. The van der Waals surface area contributed by atoms with E-state index in [0.717, 1.165) is 23.9 Å². The minimum Gasteiger partial charge on any atom is -0.508 e. The first-order valence-electron chi connectivity index (χ1n) is 6.38. The maximum absolute atomic E-state index is 13.3. The van der Waals surface area contributed by atoms with Crippen LogP contribution in [0.2, 0.25) is 0 Å². The average Bonchev–Trinajstić information content (AvgIpc) is 2.34. The Hall–Kier alpha value is -2.03. The molecule has 0 amide bonds. The van der Waals surface area contributed by atoms with Crippen molar-refractivity contribution in [1.82, 2.24) is 0 Å². The largest absolute Gasteiger partial charge is 0.508 e. The Bertz CT molecular complexity index is 548. The summed E-state index contributed by atoms with van der Waals surface area (Å²) in [7, 11) is 0. The molecule has 0 heterocycles. The molecule has 0 unspecified atom stereocenters. The lowest BCUT2D eigenvalue weighted by molar-refractivity contribution is 0.468. The minimum atomic E-state index is -0.407. The third kappa shape index (κ3) is 3.47. The predicted molar refractivity (Wildman–Crippen MR) is 76.0 cm³/mol. The van der Waals surface area contributed by atoms with Crippen LogP contribution in [-0.2, 0) is 6.54 Å². The average molecular weight is 259 g/mol. The molecule has 0 spiro atoms. The number of phenols is 1. The monoisotopic (exact) mass is 259 g/mol. The van der Waals surface area contributed by atoms with E-state index in [0.29, 0.717) is 6.54 Å². The van der Waals surface area contributed by atoms with E-state index >= 15 is 0 Å². The predicted octanol–water partition coefficient (Wildman–Crippen LogP) is 3.87. The topological polar surface area (TPSA) is 23.5 Å². The van der Waals surface area contributed by atoms with Crippen LogP contribution in [0.3, 0.4) is 0 Å². The number of halogens is 1. The van der Waals surface area contributed by atoms with Crippen LogP contribution < -0.4 is 4.90 Å².